The van der Waals surface area contributed by atoms with Crippen LogP contribution in [-0.2, 0) is 0 Å². The van der Waals surface area contributed by atoms with Gasteiger partial charge in [-0.05, 0) is 62.2 Å². The first-order valence-corrected chi connectivity index (χ1v) is 9.65. The topological polar surface area (TPSA) is 32.3 Å². The Morgan fingerprint density at radius 1 is 1.20 bits per heavy atom. The molecule has 1 aliphatic heterocycles. The summed E-state index contributed by atoms with van der Waals surface area (Å²) in [6.45, 7) is 2.71. The number of halogens is 3. The second kappa shape index (κ2) is 9.24. The minimum atomic E-state index is 0. The smallest absolute Gasteiger partial charge is 0.263 e. The first-order valence-electron chi connectivity index (χ1n) is 8.07. The standard InChI is InChI=1S/C18H20Cl2N2OS.ClH/c1-21-11-12-6-8-22(9-7-12)18(23)17-5-4-16(24-17)13-2-3-14(19)15(20)10-13;/h2-5,10,12,21H,6-9,11H2,1H3;1H. The Kier molecular flexibility index (Phi) is 7.59. The van der Waals surface area contributed by atoms with Crippen molar-refractivity contribution in [1.29, 1.82) is 0 Å². The van der Waals surface area contributed by atoms with Crippen molar-refractivity contribution in [1.82, 2.24) is 10.2 Å². The minimum absolute atomic E-state index is 0. The summed E-state index contributed by atoms with van der Waals surface area (Å²) in [7, 11) is 1.98. The maximum atomic E-state index is 12.7. The van der Waals surface area contributed by atoms with Crippen LogP contribution < -0.4 is 5.32 Å². The van der Waals surface area contributed by atoms with E-state index in [9.17, 15) is 4.79 Å². The van der Waals surface area contributed by atoms with Crippen molar-refractivity contribution >= 4 is 52.9 Å². The van der Waals surface area contributed by atoms with Crippen LogP contribution in [0.3, 0.4) is 0 Å². The molecular weight excluding hydrogens is 399 g/mol. The molecule has 1 fully saturated rings. The summed E-state index contributed by atoms with van der Waals surface area (Å²) in [5.74, 6) is 0.809. The Bertz CT molecular complexity index is 727. The van der Waals surface area contributed by atoms with Crippen LogP contribution in [0.5, 0.6) is 0 Å². The second-order valence-corrected chi connectivity index (χ2v) is 7.98. The van der Waals surface area contributed by atoms with Gasteiger partial charge in [-0.3, -0.25) is 4.79 Å². The zero-order valence-electron chi connectivity index (χ0n) is 13.9. The van der Waals surface area contributed by atoms with Crippen molar-refractivity contribution in [3.63, 3.8) is 0 Å². The van der Waals surface area contributed by atoms with Crippen LogP contribution in [-0.4, -0.2) is 37.5 Å². The largest absolute Gasteiger partial charge is 0.338 e. The number of rotatable bonds is 4. The second-order valence-electron chi connectivity index (χ2n) is 6.09. The molecule has 2 heterocycles. The number of hydrogen-bond donors (Lipinski definition) is 1. The molecule has 3 rings (SSSR count). The van der Waals surface area contributed by atoms with E-state index in [1.807, 2.05) is 36.2 Å². The van der Waals surface area contributed by atoms with Crippen molar-refractivity contribution in [2.45, 2.75) is 12.8 Å². The summed E-state index contributed by atoms with van der Waals surface area (Å²) in [5, 5.41) is 4.29. The van der Waals surface area contributed by atoms with Crippen LogP contribution in [0, 0.1) is 5.92 Å². The molecule has 0 saturated carbocycles. The molecule has 0 radical (unpaired) electrons. The molecule has 1 aromatic carbocycles. The monoisotopic (exact) mass is 418 g/mol. The van der Waals surface area contributed by atoms with E-state index in [1.165, 1.54) is 11.3 Å². The van der Waals surface area contributed by atoms with E-state index in [1.54, 1.807) is 6.07 Å². The first kappa shape index (κ1) is 20.5. The molecule has 0 unspecified atom stereocenters. The molecule has 0 atom stereocenters. The normalized spacial score (nSPS) is 15.1. The number of hydrogen-bond acceptors (Lipinski definition) is 3. The Labute approximate surface area is 168 Å². The zero-order valence-corrected chi connectivity index (χ0v) is 17.1. The highest BCUT2D eigenvalue weighted by Gasteiger charge is 2.24. The molecule has 1 amide bonds. The van der Waals surface area contributed by atoms with Crippen LogP contribution in [0.25, 0.3) is 10.4 Å². The fourth-order valence-corrected chi connectivity index (χ4v) is 4.31. The first-order chi connectivity index (χ1) is 11.6. The number of likely N-dealkylation sites (tertiary alicyclic amines) is 1. The van der Waals surface area contributed by atoms with Gasteiger partial charge in [-0.1, -0.05) is 29.3 Å². The average molecular weight is 420 g/mol. The van der Waals surface area contributed by atoms with Crippen molar-refractivity contribution in [3.8, 4) is 10.4 Å². The molecule has 1 saturated heterocycles. The minimum Gasteiger partial charge on any atom is -0.338 e. The van der Waals surface area contributed by atoms with Gasteiger partial charge >= 0.3 is 0 Å². The summed E-state index contributed by atoms with van der Waals surface area (Å²) in [6.07, 6.45) is 2.13. The van der Waals surface area contributed by atoms with Crippen molar-refractivity contribution in [2.24, 2.45) is 5.92 Å². The Morgan fingerprint density at radius 2 is 1.92 bits per heavy atom. The van der Waals surface area contributed by atoms with Crippen LogP contribution in [0.1, 0.15) is 22.5 Å². The fourth-order valence-electron chi connectivity index (χ4n) is 3.04. The third kappa shape index (κ3) is 4.89. The van der Waals surface area contributed by atoms with E-state index in [0.717, 1.165) is 47.8 Å². The SMILES string of the molecule is CNCC1CCN(C(=O)c2ccc(-c3ccc(Cl)c(Cl)c3)s2)CC1.Cl. The number of nitrogens with zero attached hydrogens (tertiary/aromatic N) is 1. The predicted octanol–water partition coefficient (Wildman–Crippen LogP) is 5.22. The van der Waals surface area contributed by atoms with E-state index in [0.29, 0.717) is 16.0 Å². The maximum Gasteiger partial charge on any atom is 0.263 e. The molecule has 3 nitrogen and oxygen atoms in total. The summed E-state index contributed by atoms with van der Waals surface area (Å²) in [4.78, 5) is 16.5. The van der Waals surface area contributed by atoms with Gasteiger partial charge in [0.05, 0.1) is 14.9 Å². The van der Waals surface area contributed by atoms with Gasteiger partial charge in [0, 0.05) is 18.0 Å². The summed E-state index contributed by atoms with van der Waals surface area (Å²) in [5.41, 5.74) is 0.987. The Hall–Kier alpha value is -0.780. The number of carbonyl (C=O) groups excluding carboxylic acids is 1. The molecule has 136 valence electrons. The van der Waals surface area contributed by atoms with E-state index in [2.05, 4.69) is 5.32 Å². The van der Waals surface area contributed by atoms with Gasteiger partial charge in [-0.25, -0.2) is 0 Å². The molecule has 0 spiro atoms. The van der Waals surface area contributed by atoms with Gasteiger partial charge < -0.3 is 10.2 Å². The van der Waals surface area contributed by atoms with Crippen molar-refractivity contribution in [3.05, 3.63) is 45.3 Å². The molecule has 7 heteroatoms. The van der Waals surface area contributed by atoms with E-state index >= 15 is 0 Å². The summed E-state index contributed by atoms with van der Waals surface area (Å²) < 4.78 is 0. The molecular formula is C18H21Cl3N2OS. The number of nitrogens with one attached hydrogen (secondary N) is 1. The van der Waals surface area contributed by atoms with Gasteiger partial charge in [-0.2, -0.15) is 0 Å². The van der Waals surface area contributed by atoms with Gasteiger partial charge in [0.15, 0.2) is 0 Å². The van der Waals surface area contributed by atoms with E-state index < -0.39 is 0 Å². The Morgan fingerprint density at radius 3 is 2.56 bits per heavy atom. The Balaban J connectivity index is 0.00000225. The third-order valence-electron chi connectivity index (χ3n) is 4.42. The number of thiophene rings is 1. The van der Waals surface area contributed by atoms with Gasteiger partial charge in [0.25, 0.3) is 5.91 Å². The molecule has 1 N–H and O–H groups in total. The molecule has 1 aromatic heterocycles. The highest BCUT2D eigenvalue weighted by Crippen LogP contribution is 2.33. The molecule has 1 aliphatic rings. The average Bonchev–Trinajstić information content (AvgIpc) is 3.08. The van der Waals surface area contributed by atoms with Gasteiger partial charge in [-0.15, -0.1) is 23.7 Å². The van der Waals surface area contributed by atoms with E-state index in [4.69, 9.17) is 23.2 Å². The zero-order chi connectivity index (χ0) is 17.1. The molecule has 0 aliphatic carbocycles. The highest BCUT2D eigenvalue weighted by atomic mass is 35.5. The maximum absolute atomic E-state index is 12.7. The lowest BCUT2D eigenvalue weighted by Gasteiger charge is -2.31. The van der Waals surface area contributed by atoms with Crippen molar-refractivity contribution < 1.29 is 4.79 Å². The van der Waals surface area contributed by atoms with E-state index in [-0.39, 0.29) is 18.3 Å². The number of benzene rings is 1. The predicted molar refractivity (Wildman–Crippen MR) is 110 cm³/mol. The van der Waals surface area contributed by atoms with Gasteiger partial charge in [0.1, 0.15) is 0 Å². The number of amides is 1. The summed E-state index contributed by atoms with van der Waals surface area (Å²) >= 11 is 13.6. The fraction of sp³-hybridized carbons (Fsp3) is 0.389. The number of piperidine rings is 1. The molecule has 2 aromatic rings. The number of carbonyl (C=O) groups is 1. The third-order valence-corrected chi connectivity index (χ3v) is 6.28. The van der Waals surface area contributed by atoms with Gasteiger partial charge in [0.2, 0.25) is 0 Å². The lowest BCUT2D eigenvalue weighted by Crippen LogP contribution is -2.40. The lowest BCUT2D eigenvalue weighted by molar-refractivity contribution is 0.0696. The molecule has 0 bridgehead atoms. The van der Waals surface area contributed by atoms with Crippen LogP contribution in [0.4, 0.5) is 0 Å². The quantitative estimate of drug-likeness (QED) is 0.737. The van der Waals surface area contributed by atoms with Crippen LogP contribution >= 0.6 is 46.9 Å². The molecule has 25 heavy (non-hydrogen) atoms. The van der Waals surface area contributed by atoms with Crippen LogP contribution in [0.15, 0.2) is 30.3 Å². The summed E-state index contributed by atoms with van der Waals surface area (Å²) in [6, 6.07) is 9.44. The highest BCUT2D eigenvalue weighted by molar-refractivity contribution is 7.17. The van der Waals surface area contributed by atoms with Crippen molar-refractivity contribution in [2.75, 3.05) is 26.7 Å². The van der Waals surface area contributed by atoms with Crippen LogP contribution in [0.2, 0.25) is 10.0 Å². The lowest BCUT2D eigenvalue weighted by atomic mass is 9.97.